The van der Waals surface area contributed by atoms with Crippen LogP contribution in [0.5, 0.6) is 0 Å². The van der Waals surface area contributed by atoms with Gasteiger partial charge in [-0.15, -0.1) is 0 Å². The van der Waals surface area contributed by atoms with Gasteiger partial charge in [-0.05, 0) is 44.1 Å². The summed E-state index contributed by atoms with van der Waals surface area (Å²) >= 11 is 0. The van der Waals surface area contributed by atoms with Crippen LogP contribution in [-0.2, 0) is 9.53 Å². The Bertz CT molecular complexity index is 277. The molecule has 1 saturated heterocycles. The van der Waals surface area contributed by atoms with Crippen LogP contribution < -0.4 is 11.1 Å². The van der Waals surface area contributed by atoms with Crippen molar-refractivity contribution in [1.29, 1.82) is 0 Å². The first-order valence-corrected chi connectivity index (χ1v) is 6.80. The highest BCUT2D eigenvalue weighted by molar-refractivity contribution is 5.79. The van der Waals surface area contributed by atoms with E-state index in [1.807, 2.05) is 0 Å². The van der Waals surface area contributed by atoms with Gasteiger partial charge in [0.1, 0.15) is 0 Å². The van der Waals surface area contributed by atoms with Gasteiger partial charge in [-0.25, -0.2) is 0 Å². The molecular weight excluding hydrogens is 216 g/mol. The van der Waals surface area contributed by atoms with E-state index in [-0.39, 0.29) is 17.9 Å². The van der Waals surface area contributed by atoms with Crippen molar-refractivity contribution in [2.24, 2.45) is 17.1 Å². The van der Waals surface area contributed by atoms with Gasteiger partial charge in [-0.3, -0.25) is 4.79 Å². The van der Waals surface area contributed by atoms with Crippen LogP contribution in [0.3, 0.4) is 0 Å². The molecule has 4 heteroatoms. The molecule has 98 valence electrons. The fraction of sp³-hybridized carbons (Fsp3) is 0.923. The van der Waals surface area contributed by atoms with E-state index in [0.717, 1.165) is 39.0 Å². The number of hydrogen-bond donors (Lipinski definition) is 2. The first kappa shape index (κ1) is 12.8. The summed E-state index contributed by atoms with van der Waals surface area (Å²) in [4.78, 5) is 12.1. The summed E-state index contributed by atoms with van der Waals surface area (Å²) in [6.07, 6.45) is 5.37. The Morgan fingerprint density at radius 2 is 2.29 bits per heavy atom. The van der Waals surface area contributed by atoms with Crippen molar-refractivity contribution >= 4 is 5.91 Å². The molecule has 1 amide bonds. The number of ether oxygens (including phenoxy) is 1. The molecule has 2 fully saturated rings. The number of hydrogen-bond acceptors (Lipinski definition) is 3. The summed E-state index contributed by atoms with van der Waals surface area (Å²) < 4.78 is 5.55. The van der Waals surface area contributed by atoms with Crippen molar-refractivity contribution < 1.29 is 9.53 Å². The van der Waals surface area contributed by atoms with Crippen molar-refractivity contribution in [3.05, 3.63) is 0 Å². The number of amides is 1. The zero-order chi connectivity index (χ0) is 12.3. The summed E-state index contributed by atoms with van der Waals surface area (Å²) in [6.45, 7) is 4.33. The maximum Gasteiger partial charge on any atom is 0.225 e. The molecule has 17 heavy (non-hydrogen) atoms. The minimum Gasteiger partial charge on any atom is -0.377 e. The third kappa shape index (κ3) is 2.99. The van der Waals surface area contributed by atoms with Crippen molar-refractivity contribution in [1.82, 2.24) is 5.32 Å². The minimum atomic E-state index is 0.0636. The van der Waals surface area contributed by atoms with Crippen molar-refractivity contribution in [3.8, 4) is 0 Å². The van der Waals surface area contributed by atoms with Gasteiger partial charge in [0.25, 0.3) is 0 Å². The van der Waals surface area contributed by atoms with E-state index >= 15 is 0 Å². The number of nitrogens with one attached hydrogen (secondary N) is 1. The molecule has 1 saturated carbocycles. The molecule has 1 aliphatic carbocycles. The van der Waals surface area contributed by atoms with Gasteiger partial charge in [0.15, 0.2) is 0 Å². The van der Waals surface area contributed by atoms with Crippen LogP contribution in [0.25, 0.3) is 0 Å². The van der Waals surface area contributed by atoms with E-state index in [2.05, 4.69) is 12.2 Å². The molecule has 2 atom stereocenters. The molecule has 2 rings (SSSR count). The van der Waals surface area contributed by atoms with Crippen LogP contribution in [0.1, 0.15) is 39.0 Å². The van der Waals surface area contributed by atoms with Gasteiger partial charge in [0.05, 0.1) is 12.0 Å². The number of carbonyl (C=O) groups excluding carboxylic acids is 1. The SMILES string of the molecule is CCC1OCCC1C(=O)NCC1(CCN)CC1. The molecule has 2 aliphatic rings. The molecule has 0 bridgehead atoms. The largest absolute Gasteiger partial charge is 0.377 e. The average Bonchev–Trinajstić information content (AvgIpc) is 2.93. The standard InChI is InChI=1S/C13H24N2O2/c1-2-11-10(3-8-17-11)12(16)15-9-13(4-5-13)6-7-14/h10-11H,2-9,14H2,1H3,(H,15,16). The Kier molecular flexibility index (Phi) is 4.05. The number of nitrogens with two attached hydrogens (primary N) is 1. The fourth-order valence-corrected chi connectivity index (χ4v) is 2.75. The van der Waals surface area contributed by atoms with Gasteiger partial charge >= 0.3 is 0 Å². The average molecular weight is 240 g/mol. The molecule has 0 aromatic carbocycles. The molecule has 0 radical (unpaired) electrons. The molecule has 1 aliphatic heterocycles. The third-order valence-corrected chi connectivity index (χ3v) is 4.22. The van der Waals surface area contributed by atoms with Crippen LogP contribution in [-0.4, -0.2) is 31.7 Å². The molecule has 4 nitrogen and oxygen atoms in total. The fourth-order valence-electron chi connectivity index (χ4n) is 2.75. The van der Waals surface area contributed by atoms with Crippen LogP contribution >= 0.6 is 0 Å². The first-order chi connectivity index (χ1) is 8.21. The normalized spacial score (nSPS) is 30.2. The van der Waals surface area contributed by atoms with Crippen LogP contribution in [0.15, 0.2) is 0 Å². The summed E-state index contributed by atoms with van der Waals surface area (Å²) in [7, 11) is 0. The minimum absolute atomic E-state index is 0.0636. The lowest BCUT2D eigenvalue weighted by Gasteiger charge is -2.19. The van der Waals surface area contributed by atoms with Crippen molar-refractivity contribution in [3.63, 3.8) is 0 Å². The van der Waals surface area contributed by atoms with E-state index in [9.17, 15) is 4.79 Å². The van der Waals surface area contributed by atoms with Gasteiger partial charge in [-0.2, -0.15) is 0 Å². The van der Waals surface area contributed by atoms with E-state index in [1.165, 1.54) is 12.8 Å². The zero-order valence-electron chi connectivity index (χ0n) is 10.7. The van der Waals surface area contributed by atoms with E-state index in [4.69, 9.17) is 10.5 Å². The molecule has 1 heterocycles. The molecule has 0 aromatic heterocycles. The van der Waals surface area contributed by atoms with E-state index in [1.54, 1.807) is 0 Å². The summed E-state index contributed by atoms with van der Waals surface area (Å²) in [5.41, 5.74) is 5.92. The maximum atomic E-state index is 12.1. The predicted octanol–water partition coefficient (Wildman–Crippen LogP) is 1.05. The van der Waals surface area contributed by atoms with Crippen molar-refractivity contribution in [2.45, 2.75) is 45.1 Å². The molecule has 2 unspecified atom stereocenters. The monoisotopic (exact) mass is 240 g/mol. The molecule has 0 aromatic rings. The highest BCUT2D eigenvalue weighted by Gasteiger charge is 2.42. The molecular formula is C13H24N2O2. The van der Waals surface area contributed by atoms with Gasteiger partial charge in [0, 0.05) is 13.2 Å². The van der Waals surface area contributed by atoms with Gasteiger partial charge in [-0.1, -0.05) is 6.92 Å². The van der Waals surface area contributed by atoms with Gasteiger partial charge < -0.3 is 15.8 Å². The van der Waals surface area contributed by atoms with Crippen LogP contribution in [0.4, 0.5) is 0 Å². The highest BCUT2D eigenvalue weighted by atomic mass is 16.5. The lowest BCUT2D eigenvalue weighted by molar-refractivity contribution is -0.127. The Morgan fingerprint density at radius 1 is 1.53 bits per heavy atom. The summed E-state index contributed by atoms with van der Waals surface area (Å²) in [5.74, 6) is 0.242. The number of carbonyl (C=O) groups is 1. The lowest BCUT2D eigenvalue weighted by Crippen LogP contribution is -2.38. The lowest BCUT2D eigenvalue weighted by atomic mass is 9.97. The molecule has 0 spiro atoms. The van der Waals surface area contributed by atoms with Crippen molar-refractivity contribution in [2.75, 3.05) is 19.7 Å². The second-order valence-corrected chi connectivity index (χ2v) is 5.47. The predicted molar refractivity (Wildman–Crippen MR) is 66.5 cm³/mol. The quantitative estimate of drug-likeness (QED) is 0.729. The Morgan fingerprint density at radius 3 is 2.88 bits per heavy atom. The van der Waals surface area contributed by atoms with Crippen LogP contribution in [0, 0.1) is 11.3 Å². The Labute approximate surface area is 103 Å². The first-order valence-electron chi connectivity index (χ1n) is 6.80. The summed E-state index contributed by atoms with van der Waals surface area (Å²) in [6, 6.07) is 0. The highest BCUT2D eigenvalue weighted by Crippen LogP contribution is 2.47. The van der Waals surface area contributed by atoms with E-state index < -0.39 is 0 Å². The van der Waals surface area contributed by atoms with Gasteiger partial charge in [0.2, 0.25) is 5.91 Å². The topological polar surface area (TPSA) is 64.3 Å². The summed E-state index contributed by atoms with van der Waals surface area (Å²) in [5, 5.41) is 3.10. The zero-order valence-corrected chi connectivity index (χ0v) is 10.7. The van der Waals surface area contributed by atoms with E-state index in [0.29, 0.717) is 5.41 Å². The molecule has 3 N–H and O–H groups in total. The number of rotatable bonds is 6. The van der Waals surface area contributed by atoms with Crippen LogP contribution in [0.2, 0.25) is 0 Å². The second-order valence-electron chi connectivity index (χ2n) is 5.47. The third-order valence-electron chi connectivity index (χ3n) is 4.22. The smallest absolute Gasteiger partial charge is 0.225 e. The Balaban J connectivity index is 1.77. The Hall–Kier alpha value is -0.610. The maximum absolute atomic E-state index is 12.1. The second kappa shape index (κ2) is 5.36.